The quantitative estimate of drug-likeness (QED) is 0.564. The topological polar surface area (TPSA) is 102 Å². The molecular weight excluding hydrogens is 210 g/mol. The average molecular weight is 219 g/mol. The second kappa shape index (κ2) is 4.18. The lowest BCUT2D eigenvalue weighted by Crippen LogP contribution is -2.50. The summed E-state index contributed by atoms with van der Waals surface area (Å²) in [5, 5.41) is 20.7. The molecule has 1 rings (SSSR count). The van der Waals surface area contributed by atoms with E-state index in [-0.39, 0.29) is 5.75 Å². The average Bonchev–Trinajstić information content (AvgIpc) is 2.13. The van der Waals surface area contributed by atoms with Gasteiger partial charge in [-0.3, -0.25) is 15.0 Å². The van der Waals surface area contributed by atoms with Crippen molar-refractivity contribution in [3.05, 3.63) is 0 Å². The van der Waals surface area contributed by atoms with Crippen LogP contribution in [-0.4, -0.2) is 51.2 Å². The third-order valence-electron chi connectivity index (χ3n) is 1.51. The SMILES string of the molecule is CN1C(=O)C(O)=NNC1SCC(=O)O. The Morgan fingerprint density at radius 2 is 2.43 bits per heavy atom. The summed E-state index contributed by atoms with van der Waals surface area (Å²) in [5.74, 6) is -2.38. The zero-order chi connectivity index (χ0) is 10.7. The molecule has 78 valence electrons. The molecule has 0 aromatic carbocycles. The Hall–Kier alpha value is -1.44. The van der Waals surface area contributed by atoms with Crippen LogP contribution in [0.25, 0.3) is 0 Å². The fourth-order valence-electron chi connectivity index (χ4n) is 0.814. The van der Waals surface area contributed by atoms with Gasteiger partial charge >= 0.3 is 11.9 Å². The van der Waals surface area contributed by atoms with Gasteiger partial charge in [0.05, 0.1) is 5.75 Å². The number of carbonyl (C=O) groups excluding carboxylic acids is 1. The maximum atomic E-state index is 11.1. The lowest BCUT2D eigenvalue weighted by atomic mass is 10.5. The summed E-state index contributed by atoms with van der Waals surface area (Å²) in [5.41, 5.74) is 1.89. The van der Waals surface area contributed by atoms with E-state index >= 15 is 0 Å². The number of aliphatic carboxylic acids is 1. The Bertz CT molecular complexity index is 293. The van der Waals surface area contributed by atoms with E-state index in [0.717, 1.165) is 11.8 Å². The van der Waals surface area contributed by atoms with Gasteiger partial charge < -0.3 is 15.1 Å². The monoisotopic (exact) mass is 219 g/mol. The smallest absolute Gasteiger partial charge is 0.313 e. The molecule has 3 N–H and O–H groups in total. The van der Waals surface area contributed by atoms with Crippen molar-refractivity contribution in [1.29, 1.82) is 0 Å². The van der Waals surface area contributed by atoms with Crippen molar-refractivity contribution < 1.29 is 19.8 Å². The first-order valence-electron chi connectivity index (χ1n) is 3.65. The third-order valence-corrected chi connectivity index (χ3v) is 2.66. The molecule has 0 radical (unpaired) electrons. The molecule has 1 amide bonds. The van der Waals surface area contributed by atoms with Crippen molar-refractivity contribution in [3.8, 4) is 0 Å². The summed E-state index contributed by atoms with van der Waals surface area (Å²) in [4.78, 5) is 22.6. The largest absolute Gasteiger partial charge is 0.488 e. The summed E-state index contributed by atoms with van der Waals surface area (Å²) >= 11 is 0.996. The maximum Gasteiger partial charge on any atom is 0.313 e. The van der Waals surface area contributed by atoms with Gasteiger partial charge in [0.25, 0.3) is 5.90 Å². The first kappa shape index (κ1) is 10.6. The van der Waals surface area contributed by atoms with E-state index in [9.17, 15) is 9.59 Å². The van der Waals surface area contributed by atoms with Gasteiger partial charge in [-0.05, 0) is 0 Å². The van der Waals surface area contributed by atoms with Crippen molar-refractivity contribution >= 4 is 29.5 Å². The molecule has 14 heavy (non-hydrogen) atoms. The minimum Gasteiger partial charge on any atom is -0.488 e. The van der Waals surface area contributed by atoms with E-state index in [2.05, 4.69) is 10.5 Å². The predicted molar refractivity (Wildman–Crippen MR) is 49.9 cm³/mol. The van der Waals surface area contributed by atoms with E-state index in [1.54, 1.807) is 0 Å². The number of hydrogen-bond acceptors (Lipinski definition) is 5. The van der Waals surface area contributed by atoms with E-state index < -0.39 is 23.3 Å². The Kier molecular flexibility index (Phi) is 3.18. The molecule has 0 spiro atoms. The minimum atomic E-state index is -0.976. The molecule has 0 aromatic heterocycles. The summed E-state index contributed by atoms with van der Waals surface area (Å²) in [6.07, 6.45) is 0. The molecular formula is C6H9N3O4S. The van der Waals surface area contributed by atoms with Gasteiger partial charge in [0, 0.05) is 7.05 Å². The van der Waals surface area contributed by atoms with Crippen molar-refractivity contribution in [3.63, 3.8) is 0 Å². The minimum absolute atomic E-state index is 0.147. The fourth-order valence-corrected chi connectivity index (χ4v) is 1.56. The number of carboxylic acid groups (broad SMARTS) is 1. The first-order valence-corrected chi connectivity index (χ1v) is 4.70. The predicted octanol–water partition coefficient (Wildman–Crippen LogP) is -0.979. The number of carboxylic acids is 1. The van der Waals surface area contributed by atoms with E-state index in [4.69, 9.17) is 10.2 Å². The summed E-state index contributed by atoms with van der Waals surface area (Å²) in [7, 11) is 1.44. The molecule has 1 aliphatic rings. The van der Waals surface area contributed by atoms with Gasteiger partial charge in [-0.25, -0.2) is 0 Å². The van der Waals surface area contributed by atoms with Crippen LogP contribution in [0.3, 0.4) is 0 Å². The van der Waals surface area contributed by atoms with Crippen molar-refractivity contribution in [2.45, 2.75) is 5.50 Å². The van der Waals surface area contributed by atoms with Crippen LogP contribution in [0.15, 0.2) is 5.10 Å². The number of likely N-dealkylation sites (N-methyl/N-ethyl adjacent to an activating group) is 1. The molecule has 7 nitrogen and oxygen atoms in total. The second-order valence-corrected chi connectivity index (χ2v) is 3.61. The molecule has 1 aliphatic heterocycles. The summed E-state index contributed by atoms with van der Waals surface area (Å²) in [6.45, 7) is 0. The third kappa shape index (κ3) is 2.28. The lowest BCUT2D eigenvalue weighted by molar-refractivity contribution is -0.134. The van der Waals surface area contributed by atoms with Gasteiger partial charge in [0.15, 0.2) is 5.50 Å². The fraction of sp³-hybridized carbons (Fsp3) is 0.500. The van der Waals surface area contributed by atoms with E-state index in [1.807, 2.05) is 0 Å². The van der Waals surface area contributed by atoms with Crippen molar-refractivity contribution in [1.82, 2.24) is 10.3 Å². The number of hydrazone groups is 1. The zero-order valence-corrected chi connectivity index (χ0v) is 8.11. The van der Waals surface area contributed by atoms with Crippen LogP contribution in [0.5, 0.6) is 0 Å². The summed E-state index contributed by atoms with van der Waals surface area (Å²) in [6, 6.07) is 0. The number of amides is 1. The maximum absolute atomic E-state index is 11.1. The molecule has 0 aromatic rings. The molecule has 0 saturated heterocycles. The highest BCUT2D eigenvalue weighted by Crippen LogP contribution is 2.14. The molecule has 1 heterocycles. The van der Waals surface area contributed by atoms with E-state index in [1.165, 1.54) is 11.9 Å². The zero-order valence-electron chi connectivity index (χ0n) is 7.30. The summed E-state index contributed by atoms with van der Waals surface area (Å²) < 4.78 is 0. The van der Waals surface area contributed by atoms with Crippen molar-refractivity contribution in [2.24, 2.45) is 5.10 Å². The highest BCUT2D eigenvalue weighted by atomic mass is 32.2. The Balaban J connectivity index is 2.56. The van der Waals surface area contributed by atoms with Crippen LogP contribution in [0, 0.1) is 0 Å². The van der Waals surface area contributed by atoms with Crippen LogP contribution in [-0.2, 0) is 9.59 Å². The van der Waals surface area contributed by atoms with Crippen LogP contribution >= 0.6 is 11.8 Å². The van der Waals surface area contributed by atoms with Crippen molar-refractivity contribution in [2.75, 3.05) is 12.8 Å². The highest BCUT2D eigenvalue weighted by molar-refractivity contribution is 8.00. The van der Waals surface area contributed by atoms with E-state index in [0.29, 0.717) is 0 Å². The molecule has 0 bridgehead atoms. The number of nitrogens with zero attached hydrogens (tertiary/aromatic N) is 2. The molecule has 0 fully saturated rings. The van der Waals surface area contributed by atoms with Crippen LogP contribution in [0.2, 0.25) is 0 Å². The lowest BCUT2D eigenvalue weighted by Gasteiger charge is -2.29. The van der Waals surface area contributed by atoms with Crippen LogP contribution in [0.4, 0.5) is 0 Å². The van der Waals surface area contributed by atoms with Gasteiger partial charge in [-0.15, -0.1) is 16.9 Å². The number of hydrogen-bond donors (Lipinski definition) is 3. The molecule has 1 unspecified atom stereocenters. The Labute approximate surface area is 83.8 Å². The Morgan fingerprint density at radius 3 is 3.00 bits per heavy atom. The molecule has 0 aliphatic carbocycles. The highest BCUT2D eigenvalue weighted by Gasteiger charge is 2.28. The second-order valence-electron chi connectivity index (χ2n) is 2.54. The van der Waals surface area contributed by atoms with Gasteiger partial charge in [-0.1, -0.05) is 0 Å². The van der Waals surface area contributed by atoms with Gasteiger partial charge in [-0.2, -0.15) is 0 Å². The number of aliphatic hydroxyl groups is 1. The normalized spacial score (nSPS) is 21.5. The number of rotatable bonds is 3. The molecule has 0 saturated carbocycles. The van der Waals surface area contributed by atoms with Crippen LogP contribution < -0.4 is 5.43 Å². The standard InChI is InChI=1S/C6H9N3O4S/c1-9-5(13)4(12)7-8-6(9)14-2-3(10)11/h6,8H,2H2,1H3,(H,7,12)(H,10,11). The van der Waals surface area contributed by atoms with Gasteiger partial charge in [0.1, 0.15) is 0 Å². The number of thioether (sulfide) groups is 1. The number of aliphatic hydroxyl groups excluding tert-OH is 1. The first-order chi connectivity index (χ1) is 6.52. The van der Waals surface area contributed by atoms with Gasteiger partial charge in [0.2, 0.25) is 0 Å². The Morgan fingerprint density at radius 1 is 1.79 bits per heavy atom. The molecule has 1 atom stereocenters. The van der Waals surface area contributed by atoms with Crippen LogP contribution in [0.1, 0.15) is 0 Å². The molecule has 8 heteroatoms. The number of nitrogens with one attached hydrogen (secondary N) is 1. The number of carbonyl (C=O) groups is 2.